The van der Waals surface area contributed by atoms with Crippen LogP contribution in [0.15, 0.2) is 48.8 Å². The van der Waals surface area contributed by atoms with E-state index in [9.17, 15) is 4.79 Å². The highest BCUT2D eigenvalue weighted by Gasteiger charge is 2.23. The Bertz CT molecular complexity index is 695. The third kappa shape index (κ3) is 5.05. The third-order valence-electron chi connectivity index (χ3n) is 4.73. The molecule has 0 bridgehead atoms. The molecule has 0 spiro atoms. The number of aromatic nitrogens is 1. The van der Waals surface area contributed by atoms with Gasteiger partial charge in [-0.05, 0) is 48.2 Å². The van der Waals surface area contributed by atoms with E-state index in [1.807, 2.05) is 43.3 Å². The first-order valence-corrected chi connectivity index (χ1v) is 9.16. The Morgan fingerprint density at radius 3 is 2.46 bits per heavy atom. The summed E-state index contributed by atoms with van der Waals surface area (Å²) in [6.07, 6.45) is 6.20. The maximum absolute atomic E-state index is 13.0. The lowest BCUT2D eigenvalue weighted by molar-refractivity contribution is -0.132. The average molecular weight is 353 g/mol. The highest BCUT2D eigenvalue weighted by atomic mass is 16.5. The number of anilines is 1. The predicted molar refractivity (Wildman–Crippen MR) is 103 cm³/mol. The summed E-state index contributed by atoms with van der Waals surface area (Å²) in [6.45, 7) is 2.04. The van der Waals surface area contributed by atoms with E-state index in [2.05, 4.69) is 22.0 Å². The molecule has 0 N–H and O–H groups in total. The number of nitrogens with zero attached hydrogens (tertiary/aromatic N) is 3. The molecule has 3 rings (SSSR count). The van der Waals surface area contributed by atoms with E-state index in [0.717, 1.165) is 36.3 Å². The number of benzene rings is 1. The smallest absolute Gasteiger partial charge is 0.227 e. The Hall–Kier alpha value is -2.40. The van der Waals surface area contributed by atoms with E-state index in [1.165, 1.54) is 0 Å². The van der Waals surface area contributed by atoms with Crippen LogP contribution in [0.5, 0.6) is 0 Å². The van der Waals surface area contributed by atoms with Crippen molar-refractivity contribution in [1.82, 2.24) is 9.88 Å². The number of hydrogen-bond acceptors (Lipinski definition) is 4. The molecule has 0 unspecified atom stereocenters. The molecule has 5 heteroatoms. The van der Waals surface area contributed by atoms with Gasteiger partial charge in [0.1, 0.15) is 0 Å². The lowest BCUT2D eigenvalue weighted by Crippen LogP contribution is -2.37. The van der Waals surface area contributed by atoms with Crippen molar-refractivity contribution in [3.05, 3.63) is 59.9 Å². The van der Waals surface area contributed by atoms with Crippen LogP contribution in [0.1, 0.15) is 24.0 Å². The molecule has 1 atom stereocenters. The van der Waals surface area contributed by atoms with Gasteiger partial charge in [-0.15, -0.1) is 0 Å². The topological polar surface area (TPSA) is 45.7 Å². The summed E-state index contributed by atoms with van der Waals surface area (Å²) in [6, 6.07) is 12.1. The molecule has 1 fully saturated rings. The zero-order chi connectivity index (χ0) is 18.4. The van der Waals surface area contributed by atoms with E-state index in [4.69, 9.17) is 4.74 Å². The quantitative estimate of drug-likeness (QED) is 0.768. The molecule has 1 saturated heterocycles. The van der Waals surface area contributed by atoms with E-state index >= 15 is 0 Å². The van der Waals surface area contributed by atoms with Gasteiger partial charge in [0, 0.05) is 51.9 Å². The Kier molecular flexibility index (Phi) is 6.23. The van der Waals surface area contributed by atoms with Crippen LogP contribution in [0, 0.1) is 0 Å². The molecule has 1 aliphatic heterocycles. The summed E-state index contributed by atoms with van der Waals surface area (Å²) < 4.78 is 5.75. The second-order valence-corrected chi connectivity index (χ2v) is 7.00. The van der Waals surface area contributed by atoms with Gasteiger partial charge in [0.25, 0.3) is 0 Å². The summed E-state index contributed by atoms with van der Waals surface area (Å²) in [7, 11) is 4.02. The van der Waals surface area contributed by atoms with Gasteiger partial charge in [-0.1, -0.05) is 12.1 Å². The molecule has 0 aliphatic carbocycles. The van der Waals surface area contributed by atoms with Gasteiger partial charge in [-0.25, -0.2) is 0 Å². The predicted octanol–water partition coefficient (Wildman–Crippen LogP) is 2.90. The number of carbonyl (C=O) groups is 1. The van der Waals surface area contributed by atoms with Gasteiger partial charge in [-0.2, -0.15) is 0 Å². The molecule has 1 aromatic heterocycles. The lowest BCUT2D eigenvalue weighted by Gasteiger charge is -2.26. The van der Waals surface area contributed by atoms with Crippen molar-refractivity contribution in [2.75, 3.05) is 32.1 Å². The van der Waals surface area contributed by atoms with Crippen LogP contribution < -0.4 is 4.90 Å². The standard InChI is InChI=1S/C21H27N3O2/c1-23(2)19-7-5-17(6-8-19)14-21(25)24(16-20-4-3-13-26-20)15-18-9-11-22-12-10-18/h5-12,20H,3-4,13-16H2,1-2H3/t20-/m0/s1. The lowest BCUT2D eigenvalue weighted by atomic mass is 10.1. The van der Waals surface area contributed by atoms with Crippen molar-refractivity contribution in [3.63, 3.8) is 0 Å². The van der Waals surface area contributed by atoms with Crippen molar-refractivity contribution in [2.45, 2.75) is 31.9 Å². The largest absolute Gasteiger partial charge is 0.378 e. The molecule has 26 heavy (non-hydrogen) atoms. The van der Waals surface area contributed by atoms with Crippen LogP contribution in [0.25, 0.3) is 0 Å². The molecule has 1 amide bonds. The summed E-state index contributed by atoms with van der Waals surface area (Å²) >= 11 is 0. The monoisotopic (exact) mass is 353 g/mol. The fourth-order valence-electron chi connectivity index (χ4n) is 3.20. The number of amides is 1. The number of ether oxygens (including phenoxy) is 1. The fraction of sp³-hybridized carbons (Fsp3) is 0.429. The Labute approximate surface area is 155 Å². The molecular formula is C21H27N3O2. The van der Waals surface area contributed by atoms with Gasteiger partial charge in [0.15, 0.2) is 0 Å². The van der Waals surface area contributed by atoms with Crippen molar-refractivity contribution in [1.29, 1.82) is 0 Å². The molecule has 5 nitrogen and oxygen atoms in total. The van der Waals surface area contributed by atoms with Gasteiger partial charge in [-0.3, -0.25) is 9.78 Å². The normalized spacial score (nSPS) is 16.5. The minimum atomic E-state index is 0.134. The first-order chi connectivity index (χ1) is 12.6. The molecule has 1 aliphatic rings. The number of pyridine rings is 1. The van der Waals surface area contributed by atoms with Gasteiger partial charge in [0.05, 0.1) is 12.5 Å². The number of hydrogen-bond donors (Lipinski definition) is 0. The fourth-order valence-corrected chi connectivity index (χ4v) is 3.20. The van der Waals surface area contributed by atoms with Crippen LogP contribution >= 0.6 is 0 Å². The van der Waals surface area contributed by atoms with Crippen LogP contribution in [-0.4, -0.2) is 49.1 Å². The van der Waals surface area contributed by atoms with Crippen LogP contribution in [0.2, 0.25) is 0 Å². The van der Waals surface area contributed by atoms with Gasteiger partial charge >= 0.3 is 0 Å². The molecular weight excluding hydrogens is 326 g/mol. The Morgan fingerprint density at radius 1 is 1.12 bits per heavy atom. The minimum absolute atomic E-state index is 0.134. The zero-order valence-electron chi connectivity index (χ0n) is 15.6. The first kappa shape index (κ1) is 18.4. The van der Waals surface area contributed by atoms with Crippen LogP contribution in [0.4, 0.5) is 5.69 Å². The van der Waals surface area contributed by atoms with Crippen LogP contribution in [-0.2, 0) is 22.5 Å². The van der Waals surface area contributed by atoms with E-state index in [-0.39, 0.29) is 12.0 Å². The maximum atomic E-state index is 13.0. The number of rotatable bonds is 7. The second kappa shape index (κ2) is 8.81. The molecule has 2 heterocycles. The van der Waals surface area contributed by atoms with Gasteiger partial charge < -0.3 is 14.5 Å². The molecule has 138 valence electrons. The summed E-state index contributed by atoms with van der Waals surface area (Å²) in [5, 5.41) is 0. The summed E-state index contributed by atoms with van der Waals surface area (Å²) in [5.74, 6) is 0.134. The molecule has 1 aromatic carbocycles. The summed E-state index contributed by atoms with van der Waals surface area (Å²) in [5.41, 5.74) is 3.26. The van der Waals surface area contributed by atoms with Crippen molar-refractivity contribution in [3.8, 4) is 0 Å². The van der Waals surface area contributed by atoms with Gasteiger partial charge in [0.2, 0.25) is 5.91 Å². The van der Waals surface area contributed by atoms with Crippen LogP contribution in [0.3, 0.4) is 0 Å². The van der Waals surface area contributed by atoms with E-state index < -0.39 is 0 Å². The SMILES string of the molecule is CN(C)c1ccc(CC(=O)N(Cc2ccncc2)C[C@@H]2CCCO2)cc1. The molecule has 2 aromatic rings. The number of carbonyl (C=O) groups excluding carboxylic acids is 1. The Morgan fingerprint density at radius 2 is 1.85 bits per heavy atom. The molecule has 0 radical (unpaired) electrons. The van der Waals surface area contributed by atoms with Crippen molar-refractivity contribution in [2.24, 2.45) is 0 Å². The average Bonchev–Trinajstić information content (AvgIpc) is 3.15. The molecule has 0 saturated carbocycles. The zero-order valence-corrected chi connectivity index (χ0v) is 15.6. The highest BCUT2D eigenvalue weighted by molar-refractivity contribution is 5.79. The Balaban J connectivity index is 1.68. The van der Waals surface area contributed by atoms with E-state index in [1.54, 1.807) is 12.4 Å². The third-order valence-corrected chi connectivity index (χ3v) is 4.73. The van der Waals surface area contributed by atoms with Crippen molar-refractivity contribution < 1.29 is 9.53 Å². The van der Waals surface area contributed by atoms with E-state index in [0.29, 0.717) is 19.5 Å². The second-order valence-electron chi connectivity index (χ2n) is 7.00. The maximum Gasteiger partial charge on any atom is 0.227 e. The first-order valence-electron chi connectivity index (χ1n) is 9.16. The summed E-state index contributed by atoms with van der Waals surface area (Å²) in [4.78, 5) is 21.0. The van der Waals surface area contributed by atoms with Crippen molar-refractivity contribution >= 4 is 11.6 Å². The highest BCUT2D eigenvalue weighted by Crippen LogP contribution is 2.17. The minimum Gasteiger partial charge on any atom is -0.378 e.